The number of fused-ring (bicyclic) bond motifs is 1. The molecule has 2 unspecified atom stereocenters. The summed E-state index contributed by atoms with van der Waals surface area (Å²) in [7, 11) is 1.24. The van der Waals surface area contributed by atoms with E-state index >= 15 is 0 Å². The van der Waals surface area contributed by atoms with Gasteiger partial charge in [-0.05, 0) is 74.9 Å². The minimum Gasteiger partial charge on any atom is -0.465 e. The van der Waals surface area contributed by atoms with Gasteiger partial charge in [-0.25, -0.2) is 14.0 Å². The number of rotatable bonds is 2. The summed E-state index contributed by atoms with van der Waals surface area (Å²) in [5, 5.41) is 0. The number of pyridine rings is 1. The molecule has 0 radical (unpaired) electrons. The standard InChI is InChI=1S/C13H10FNO3.C10H17NO2/c1-18-13(17)9-6-11(15-12(16)7-9)8-2-4-10(14)5-3-8;1-10(2,3)13-9(12)11-5-7-4-8(7)6-11/h2-7H,1H3,(H,15,16);7-8H,4-6H2,1-3H3. The summed E-state index contributed by atoms with van der Waals surface area (Å²) in [4.78, 5) is 38.7. The molecular formula is C23H27FN2O5. The number of halogens is 1. The Hall–Kier alpha value is -3.16. The Morgan fingerprint density at radius 3 is 2.26 bits per heavy atom. The first kappa shape index (κ1) is 22.5. The van der Waals surface area contributed by atoms with Crippen LogP contribution in [0, 0.1) is 17.7 Å². The molecule has 2 heterocycles. The Kier molecular flexibility index (Phi) is 6.48. The predicted octanol–water partition coefficient (Wildman–Crippen LogP) is 3.84. The number of aromatic nitrogens is 1. The number of benzene rings is 1. The summed E-state index contributed by atoms with van der Waals surface area (Å²) in [6.07, 6.45) is 1.18. The molecule has 1 saturated heterocycles. The molecule has 0 spiro atoms. The number of nitrogens with zero attached hydrogens (tertiary/aromatic N) is 1. The topological polar surface area (TPSA) is 88.7 Å². The average molecular weight is 430 g/mol. The first-order valence-electron chi connectivity index (χ1n) is 10.1. The van der Waals surface area contributed by atoms with Crippen LogP contribution in [0.3, 0.4) is 0 Å². The molecule has 2 fully saturated rings. The molecule has 1 aliphatic carbocycles. The van der Waals surface area contributed by atoms with Crippen LogP contribution in [0.2, 0.25) is 0 Å². The number of hydrogen-bond donors (Lipinski definition) is 1. The summed E-state index contributed by atoms with van der Waals surface area (Å²) < 4.78 is 22.6. The van der Waals surface area contributed by atoms with Gasteiger partial charge in [0.15, 0.2) is 0 Å². The predicted molar refractivity (Wildman–Crippen MR) is 113 cm³/mol. The molecule has 7 nitrogen and oxygen atoms in total. The zero-order valence-corrected chi connectivity index (χ0v) is 18.1. The largest absolute Gasteiger partial charge is 0.465 e. The van der Waals surface area contributed by atoms with E-state index < -0.39 is 11.5 Å². The molecule has 1 aromatic heterocycles. The van der Waals surface area contributed by atoms with Gasteiger partial charge in [0.2, 0.25) is 5.56 Å². The Morgan fingerprint density at radius 2 is 1.71 bits per heavy atom. The lowest BCUT2D eigenvalue weighted by atomic mass is 10.1. The van der Waals surface area contributed by atoms with Gasteiger partial charge in [-0.2, -0.15) is 0 Å². The number of ether oxygens (including phenoxy) is 2. The van der Waals surface area contributed by atoms with Crippen molar-refractivity contribution in [1.82, 2.24) is 9.88 Å². The maximum absolute atomic E-state index is 12.8. The average Bonchev–Trinajstić information content (AvgIpc) is 3.31. The van der Waals surface area contributed by atoms with Gasteiger partial charge in [-0.3, -0.25) is 4.79 Å². The first-order chi connectivity index (χ1) is 14.6. The molecule has 31 heavy (non-hydrogen) atoms. The van der Waals surface area contributed by atoms with Crippen molar-refractivity contribution < 1.29 is 23.5 Å². The fourth-order valence-corrected chi connectivity index (χ4v) is 3.44. The summed E-state index contributed by atoms with van der Waals surface area (Å²) in [5.41, 5.74) is 0.420. The van der Waals surface area contributed by atoms with Crippen molar-refractivity contribution in [2.75, 3.05) is 20.2 Å². The van der Waals surface area contributed by atoms with E-state index in [0.29, 0.717) is 11.3 Å². The van der Waals surface area contributed by atoms with Crippen LogP contribution in [-0.4, -0.2) is 47.7 Å². The lowest BCUT2D eigenvalue weighted by Gasteiger charge is -2.25. The Labute approximate surface area is 180 Å². The zero-order valence-electron chi connectivity index (χ0n) is 18.1. The fourth-order valence-electron chi connectivity index (χ4n) is 3.44. The van der Waals surface area contributed by atoms with Crippen LogP contribution in [0.5, 0.6) is 0 Å². The van der Waals surface area contributed by atoms with Gasteiger partial charge in [0.05, 0.1) is 12.7 Å². The highest BCUT2D eigenvalue weighted by Crippen LogP contribution is 2.45. The summed E-state index contributed by atoms with van der Waals surface area (Å²) in [6.45, 7) is 7.55. The van der Waals surface area contributed by atoms with Crippen molar-refractivity contribution in [3.8, 4) is 11.3 Å². The highest BCUT2D eigenvalue weighted by atomic mass is 19.1. The first-order valence-corrected chi connectivity index (χ1v) is 10.1. The molecular weight excluding hydrogens is 403 g/mol. The normalized spacial score (nSPS) is 19.1. The van der Waals surface area contributed by atoms with E-state index in [1.54, 1.807) is 0 Å². The monoisotopic (exact) mass is 430 g/mol. The van der Waals surface area contributed by atoms with Crippen LogP contribution in [0.15, 0.2) is 41.2 Å². The number of H-pyrrole nitrogens is 1. The molecule has 1 saturated carbocycles. The lowest BCUT2D eigenvalue weighted by molar-refractivity contribution is 0.0274. The SMILES string of the molecule is CC(C)(C)OC(=O)N1CC2CC2C1.COC(=O)c1cc(-c2ccc(F)cc2)[nH]c(=O)c1. The second-order valence-electron chi connectivity index (χ2n) is 8.79. The van der Waals surface area contributed by atoms with Gasteiger partial charge < -0.3 is 19.4 Å². The molecule has 1 amide bonds. The van der Waals surface area contributed by atoms with E-state index in [9.17, 15) is 18.8 Å². The van der Waals surface area contributed by atoms with Gasteiger partial charge in [-0.1, -0.05) is 0 Å². The highest BCUT2D eigenvalue weighted by molar-refractivity contribution is 5.90. The van der Waals surface area contributed by atoms with Crippen LogP contribution in [0.4, 0.5) is 9.18 Å². The molecule has 8 heteroatoms. The number of carbonyl (C=O) groups excluding carboxylic acids is 2. The molecule has 2 aromatic rings. The van der Waals surface area contributed by atoms with E-state index in [-0.39, 0.29) is 23.1 Å². The molecule has 1 aromatic carbocycles. The number of hydrogen-bond acceptors (Lipinski definition) is 5. The quantitative estimate of drug-likeness (QED) is 0.732. The summed E-state index contributed by atoms with van der Waals surface area (Å²) in [6, 6.07) is 8.22. The molecule has 1 aliphatic heterocycles. The van der Waals surface area contributed by atoms with Crippen molar-refractivity contribution in [3.05, 3.63) is 58.1 Å². The van der Waals surface area contributed by atoms with E-state index in [1.165, 1.54) is 43.9 Å². The fraction of sp³-hybridized carbons (Fsp3) is 0.435. The zero-order chi connectivity index (χ0) is 22.8. The molecule has 2 atom stereocenters. The third-order valence-corrected chi connectivity index (χ3v) is 5.05. The minimum atomic E-state index is -0.593. The van der Waals surface area contributed by atoms with Crippen LogP contribution >= 0.6 is 0 Å². The van der Waals surface area contributed by atoms with Gasteiger partial charge in [-0.15, -0.1) is 0 Å². The Balaban J connectivity index is 0.000000185. The third kappa shape index (κ3) is 6.16. The number of piperidine rings is 1. The van der Waals surface area contributed by atoms with Crippen LogP contribution in [-0.2, 0) is 9.47 Å². The van der Waals surface area contributed by atoms with Gasteiger partial charge in [0.1, 0.15) is 11.4 Å². The number of esters is 1. The number of amides is 1. The van der Waals surface area contributed by atoms with Crippen molar-refractivity contribution in [2.45, 2.75) is 32.8 Å². The molecule has 1 N–H and O–H groups in total. The molecule has 166 valence electrons. The van der Waals surface area contributed by atoms with E-state index in [2.05, 4.69) is 9.72 Å². The van der Waals surface area contributed by atoms with Gasteiger partial charge >= 0.3 is 12.1 Å². The number of aromatic amines is 1. The molecule has 4 rings (SSSR count). The Bertz CT molecular complexity index is 1000. The van der Waals surface area contributed by atoms with Crippen molar-refractivity contribution in [3.63, 3.8) is 0 Å². The van der Waals surface area contributed by atoms with Crippen molar-refractivity contribution in [1.29, 1.82) is 0 Å². The van der Waals surface area contributed by atoms with Crippen LogP contribution < -0.4 is 5.56 Å². The smallest absolute Gasteiger partial charge is 0.410 e. The van der Waals surface area contributed by atoms with Crippen molar-refractivity contribution in [2.24, 2.45) is 11.8 Å². The summed E-state index contributed by atoms with van der Waals surface area (Å²) in [5.74, 6) is 0.606. The number of likely N-dealkylation sites (tertiary alicyclic amines) is 1. The number of carbonyl (C=O) groups is 2. The van der Waals surface area contributed by atoms with Gasteiger partial charge in [0.25, 0.3) is 0 Å². The van der Waals surface area contributed by atoms with E-state index in [1.807, 2.05) is 25.7 Å². The number of methoxy groups -OCH3 is 1. The minimum absolute atomic E-state index is 0.139. The van der Waals surface area contributed by atoms with Crippen LogP contribution in [0.25, 0.3) is 11.3 Å². The maximum Gasteiger partial charge on any atom is 0.410 e. The molecule has 0 bridgehead atoms. The van der Waals surface area contributed by atoms with Gasteiger partial charge in [0, 0.05) is 24.8 Å². The second-order valence-corrected chi connectivity index (χ2v) is 8.79. The second kappa shape index (κ2) is 8.91. The maximum atomic E-state index is 12.8. The molecule has 2 aliphatic rings. The van der Waals surface area contributed by atoms with Crippen molar-refractivity contribution >= 4 is 12.1 Å². The Morgan fingerprint density at radius 1 is 1.10 bits per heavy atom. The van der Waals surface area contributed by atoms with E-state index in [4.69, 9.17) is 4.74 Å². The van der Waals surface area contributed by atoms with Crippen LogP contribution in [0.1, 0.15) is 37.6 Å². The van der Waals surface area contributed by atoms with E-state index in [0.717, 1.165) is 31.0 Å². The lowest BCUT2D eigenvalue weighted by Crippen LogP contribution is -2.36. The third-order valence-electron chi connectivity index (χ3n) is 5.05. The number of nitrogens with one attached hydrogen (secondary N) is 1. The highest BCUT2D eigenvalue weighted by Gasteiger charge is 2.47. The summed E-state index contributed by atoms with van der Waals surface area (Å²) >= 11 is 0.